The van der Waals surface area contributed by atoms with E-state index in [-0.39, 0.29) is 12.3 Å². The third-order valence-electron chi connectivity index (χ3n) is 3.97. The number of rotatable bonds is 9. The van der Waals surface area contributed by atoms with Crippen molar-refractivity contribution in [3.05, 3.63) is 59.9 Å². The van der Waals surface area contributed by atoms with Crippen LogP contribution in [0, 0.1) is 6.92 Å². The predicted octanol–water partition coefficient (Wildman–Crippen LogP) is 3.47. The van der Waals surface area contributed by atoms with Gasteiger partial charge in [0, 0.05) is 12.0 Å². The molecule has 142 valence electrons. The zero-order valence-electron chi connectivity index (χ0n) is 15.4. The number of amides is 1. The van der Waals surface area contributed by atoms with Crippen LogP contribution in [0.3, 0.4) is 0 Å². The van der Waals surface area contributed by atoms with Crippen molar-refractivity contribution >= 4 is 5.91 Å². The fraction of sp³-hybridized carbons (Fsp3) is 0.300. The monoisotopic (exact) mass is 370 g/mol. The maximum absolute atomic E-state index is 12.0. The van der Waals surface area contributed by atoms with E-state index in [1.54, 1.807) is 20.3 Å². The Morgan fingerprint density at radius 3 is 2.93 bits per heavy atom. The highest BCUT2D eigenvalue weighted by molar-refractivity contribution is 5.77. The maximum Gasteiger partial charge on any atom is 0.249 e. The molecule has 7 heteroatoms. The van der Waals surface area contributed by atoms with Gasteiger partial charge in [-0.25, -0.2) is 10.5 Å². The number of carbonyl (C=O) groups excluding carboxylic acids is 1. The van der Waals surface area contributed by atoms with Crippen molar-refractivity contribution in [1.82, 2.24) is 10.5 Å². The topological polar surface area (TPSA) is 86.7 Å². The summed E-state index contributed by atoms with van der Waals surface area (Å²) in [5, 5.41) is 0. The summed E-state index contributed by atoms with van der Waals surface area (Å²) in [6.07, 6.45) is 3.22. The first-order valence-corrected chi connectivity index (χ1v) is 8.69. The Morgan fingerprint density at radius 2 is 2.15 bits per heavy atom. The van der Waals surface area contributed by atoms with Crippen LogP contribution in [0.1, 0.15) is 23.6 Å². The lowest BCUT2D eigenvalue weighted by Gasteiger charge is -2.04. The lowest BCUT2D eigenvalue weighted by Crippen LogP contribution is -2.26. The number of carbonyl (C=O) groups is 1. The number of aromatic nitrogens is 1. The van der Waals surface area contributed by atoms with Crippen LogP contribution >= 0.6 is 0 Å². The van der Waals surface area contributed by atoms with E-state index in [2.05, 4.69) is 10.5 Å². The first kappa shape index (κ1) is 18.7. The summed E-state index contributed by atoms with van der Waals surface area (Å²) < 4.78 is 16.1. The van der Waals surface area contributed by atoms with Crippen LogP contribution in [-0.4, -0.2) is 24.6 Å². The van der Waals surface area contributed by atoms with E-state index >= 15 is 0 Å². The van der Waals surface area contributed by atoms with E-state index in [1.165, 1.54) is 0 Å². The second kappa shape index (κ2) is 9.05. The molecule has 0 spiro atoms. The van der Waals surface area contributed by atoms with E-state index in [9.17, 15) is 4.79 Å². The molecule has 0 atom stereocenters. The van der Waals surface area contributed by atoms with Crippen molar-refractivity contribution in [1.29, 1.82) is 0 Å². The van der Waals surface area contributed by atoms with Gasteiger partial charge in [-0.3, -0.25) is 9.63 Å². The minimum Gasteiger partial charge on any atom is -0.497 e. The van der Waals surface area contributed by atoms with Crippen LogP contribution in [0.2, 0.25) is 0 Å². The Kier molecular flexibility index (Phi) is 6.27. The van der Waals surface area contributed by atoms with Gasteiger partial charge in [0.2, 0.25) is 11.8 Å². The fourth-order valence-electron chi connectivity index (χ4n) is 2.56. The molecule has 0 unspecified atom stereocenters. The van der Waals surface area contributed by atoms with Gasteiger partial charge in [-0.1, -0.05) is 6.07 Å². The minimum absolute atomic E-state index is 0.0808. The Labute approximate surface area is 157 Å². The second-order valence-electron chi connectivity index (χ2n) is 5.99. The van der Waals surface area contributed by atoms with E-state index in [4.69, 9.17) is 18.4 Å². The van der Waals surface area contributed by atoms with Gasteiger partial charge in [0.25, 0.3) is 0 Å². The number of nitrogens with one attached hydrogen (secondary N) is 1. The molecule has 0 aliphatic carbocycles. The van der Waals surface area contributed by atoms with Gasteiger partial charge in [0.05, 0.1) is 32.1 Å². The number of ether oxygens (including phenoxy) is 1. The normalized spacial score (nSPS) is 10.7. The highest BCUT2D eigenvalue weighted by atomic mass is 16.6. The molecule has 0 aliphatic rings. The van der Waals surface area contributed by atoms with Gasteiger partial charge in [-0.15, -0.1) is 0 Å². The van der Waals surface area contributed by atoms with Crippen LogP contribution in [0.15, 0.2) is 51.5 Å². The number of benzene rings is 1. The molecule has 1 amide bonds. The van der Waals surface area contributed by atoms with Crippen LogP contribution in [0.4, 0.5) is 0 Å². The number of oxazole rings is 1. The van der Waals surface area contributed by atoms with Crippen LogP contribution in [-0.2, 0) is 22.5 Å². The van der Waals surface area contributed by atoms with E-state index in [0.717, 1.165) is 24.2 Å². The number of hydrogen-bond acceptors (Lipinski definition) is 6. The van der Waals surface area contributed by atoms with Gasteiger partial charge in [0.15, 0.2) is 0 Å². The SMILES string of the molecule is COc1cccc(-c2nc(CC(=O)NOCCCc3ccco3)c(C)o2)c1. The molecule has 3 rings (SSSR count). The van der Waals surface area contributed by atoms with Gasteiger partial charge in [-0.05, 0) is 43.7 Å². The number of nitrogens with zero attached hydrogens (tertiary/aromatic N) is 1. The molecular weight excluding hydrogens is 348 g/mol. The molecule has 0 aliphatic heterocycles. The molecule has 0 saturated carbocycles. The van der Waals surface area contributed by atoms with Crippen molar-refractivity contribution in [3.63, 3.8) is 0 Å². The number of hydroxylamine groups is 1. The molecule has 0 fully saturated rings. The average Bonchev–Trinajstić information content (AvgIpc) is 3.32. The first-order chi connectivity index (χ1) is 13.2. The molecule has 2 aromatic heterocycles. The first-order valence-electron chi connectivity index (χ1n) is 8.69. The maximum atomic E-state index is 12.0. The summed E-state index contributed by atoms with van der Waals surface area (Å²) in [5.41, 5.74) is 3.80. The van der Waals surface area contributed by atoms with Crippen molar-refractivity contribution in [2.45, 2.75) is 26.2 Å². The van der Waals surface area contributed by atoms with Gasteiger partial charge < -0.3 is 13.6 Å². The number of methoxy groups -OCH3 is 1. The standard InChI is InChI=1S/C20H22N2O5/c1-14-18(21-20(27-14)15-6-3-7-17(12-15)24-2)13-19(23)22-26-11-5-9-16-8-4-10-25-16/h3-4,6-8,10,12H,5,9,11,13H2,1-2H3,(H,22,23). The summed E-state index contributed by atoms with van der Waals surface area (Å²) in [7, 11) is 1.60. The Morgan fingerprint density at radius 1 is 1.26 bits per heavy atom. The molecule has 1 N–H and O–H groups in total. The molecule has 0 bridgehead atoms. The quantitative estimate of drug-likeness (QED) is 0.458. The second-order valence-corrected chi connectivity index (χ2v) is 5.99. The van der Waals surface area contributed by atoms with Crippen LogP contribution in [0.25, 0.3) is 11.5 Å². The van der Waals surface area contributed by atoms with E-state index < -0.39 is 0 Å². The predicted molar refractivity (Wildman–Crippen MR) is 98.1 cm³/mol. The van der Waals surface area contributed by atoms with E-state index in [1.807, 2.05) is 36.4 Å². The van der Waals surface area contributed by atoms with Crippen molar-refractivity contribution in [2.75, 3.05) is 13.7 Å². The third kappa shape index (κ3) is 5.21. The zero-order valence-corrected chi connectivity index (χ0v) is 15.4. The van der Waals surface area contributed by atoms with Crippen molar-refractivity contribution in [2.24, 2.45) is 0 Å². The lowest BCUT2D eigenvalue weighted by atomic mass is 10.2. The van der Waals surface area contributed by atoms with Gasteiger partial charge in [0.1, 0.15) is 17.3 Å². The van der Waals surface area contributed by atoms with E-state index in [0.29, 0.717) is 29.7 Å². The number of hydrogen-bond donors (Lipinski definition) is 1. The molecule has 0 radical (unpaired) electrons. The smallest absolute Gasteiger partial charge is 0.249 e. The molecule has 0 saturated heterocycles. The number of aryl methyl sites for hydroxylation is 2. The van der Waals surface area contributed by atoms with Gasteiger partial charge >= 0.3 is 0 Å². The van der Waals surface area contributed by atoms with Crippen molar-refractivity contribution < 1.29 is 23.2 Å². The van der Waals surface area contributed by atoms with Crippen LogP contribution < -0.4 is 10.2 Å². The Bertz CT molecular complexity index is 870. The largest absolute Gasteiger partial charge is 0.497 e. The molecule has 7 nitrogen and oxygen atoms in total. The molecule has 1 aromatic carbocycles. The summed E-state index contributed by atoms with van der Waals surface area (Å²) in [6.45, 7) is 2.18. The molecule has 27 heavy (non-hydrogen) atoms. The molecule has 3 aromatic rings. The number of furan rings is 1. The summed E-state index contributed by atoms with van der Waals surface area (Å²) in [6, 6.07) is 11.2. The summed E-state index contributed by atoms with van der Waals surface area (Å²) in [5.74, 6) is 2.38. The summed E-state index contributed by atoms with van der Waals surface area (Å²) in [4.78, 5) is 21.7. The lowest BCUT2D eigenvalue weighted by molar-refractivity contribution is -0.133. The fourth-order valence-corrected chi connectivity index (χ4v) is 2.56. The summed E-state index contributed by atoms with van der Waals surface area (Å²) >= 11 is 0. The average molecular weight is 370 g/mol. The zero-order chi connectivity index (χ0) is 19.1. The highest BCUT2D eigenvalue weighted by Crippen LogP contribution is 2.25. The molecule has 2 heterocycles. The minimum atomic E-state index is -0.276. The molecular formula is C20H22N2O5. The van der Waals surface area contributed by atoms with Crippen LogP contribution in [0.5, 0.6) is 5.75 Å². The highest BCUT2D eigenvalue weighted by Gasteiger charge is 2.15. The Hall–Kier alpha value is -3.06. The third-order valence-corrected chi connectivity index (χ3v) is 3.97. The van der Waals surface area contributed by atoms with Crippen molar-refractivity contribution in [3.8, 4) is 17.2 Å². The van der Waals surface area contributed by atoms with Gasteiger partial charge in [-0.2, -0.15) is 0 Å². The Balaban J connectivity index is 1.48.